The van der Waals surface area contributed by atoms with Crippen LogP contribution in [0.15, 0.2) is 60.7 Å². The number of hydrogen-bond acceptors (Lipinski definition) is 1. The van der Waals surface area contributed by atoms with Crippen LogP contribution in [0.4, 0.5) is 0 Å². The van der Waals surface area contributed by atoms with Gasteiger partial charge in [0.15, 0.2) is 0 Å². The first-order valence-corrected chi connectivity index (χ1v) is 14.6. The van der Waals surface area contributed by atoms with Gasteiger partial charge in [-0.05, 0) is 44.5 Å². The maximum Gasteiger partial charge on any atom is 0.261 e. The van der Waals surface area contributed by atoms with Crippen LogP contribution in [0.5, 0.6) is 0 Å². The summed E-state index contributed by atoms with van der Waals surface area (Å²) in [6.45, 7) is 12.7. The predicted molar refractivity (Wildman–Crippen MR) is 139 cm³/mol. The molecular formula is C26H39IOSi. The van der Waals surface area contributed by atoms with Crippen molar-refractivity contribution in [3.05, 3.63) is 60.7 Å². The molecule has 0 saturated carbocycles. The Morgan fingerprint density at radius 2 is 1.28 bits per heavy atom. The topological polar surface area (TPSA) is 9.23 Å². The van der Waals surface area contributed by atoms with Gasteiger partial charge < -0.3 is 4.43 Å². The minimum Gasteiger partial charge on any atom is -0.407 e. The van der Waals surface area contributed by atoms with Crippen molar-refractivity contribution in [1.29, 1.82) is 0 Å². The van der Waals surface area contributed by atoms with Crippen LogP contribution >= 0.6 is 22.6 Å². The molecule has 0 amide bonds. The largest absolute Gasteiger partial charge is 0.407 e. The third kappa shape index (κ3) is 6.66. The average Bonchev–Trinajstić information content (AvgIpc) is 2.69. The number of alkyl halides is 1. The highest BCUT2D eigenvalue weighted by atomic mass is 127. The SMILES string of the molecule is C[C@@H](CCI)CCC[C@H](C)CO[Si](c1ccccc1)(c1ccccc1)C(C)(C)C. The van der Waals surface area contributed by atoms with E-state index in [2.05, 4.69) is 118 Å². The Hall–Kier alpha value is -0.653. The van der Waals surface area contributed by atoms with E-state index in [1.165, 1.54) is 40.5 Å². The Labute approximate surface area is 193 Å². The molecule has 1 nitrogen and oxygen atoms in total. The van der Waals surface area contributed by atoms with E-state index in [9.17, 15) is 0 Å². The lowest BCUT2D eigenvalue weighted by molar-refractivity contribution is 0.233. The van der Waals surface area contributed by atoms with Crippen LogP contribution in [-0.4, -0.2) is 19.4 Å². The highest BCUT2D eigenvalue weighted by Gasteiger charge is 2.50. The molecule has 0 N–H and O–H groups in total. The van der Waals surface area contributed by atoms with Crippen molar-refractivity contribution < 1.29 is 4.43 Å². The minimum atomic E-state index is -2.39. The quantitative estimate of drug-likeness (QED) is 0.179. The smallest absolute Gasteiger partial charge is 0.261 e. The van der Waals surface area contributed by atoms with Crippen molar-refractivity contribution in [2.24, 2.45) is 11.8 Å². The molecule has 0 saturated heterocycles. The Morgan fingerprint density at radius 1 is 0.793 bits per heavy atom. The van der Waals surface area contributed by atoms with E-state index in [1.54, 1.807) is 0 Å². The van der Waals surface area contributed by atoms with Crippen LogP contribution in [-0.2, 0) is 4.43 Å². The summed E-state index contributed by atoms with van der Waals surface area (Å²) in [5, 5.41) is 2.81. The van der Waals surface area contributed by atoms with Gasteiger partial charge >= 0.3 is 0 Å². The Bertz CT molecular complexity index is 656. The van der Waals surface area contributed by atoms with Crippen molar-refractivity contribution in [2.45, 2.75) is 65.3 Å². The lowest BCUT2D eigenvalue weighted by Crippen LogP contribution is -2.66. The molecule has 2 aromatic carbocycles. The van der Waals surface area contributed by atoms with Gasteiger partial charge in [-0.15, -0.1) is 0 Å². The maximum atomic E-state index is 7.07. The molecule has 2 rings (SSSR count). The molecule has 0 bridgehead atoms. The fourth-order valence-electron chi connectivity index (χ4n) is 4.26. The fraction of sp³-hybridized carbons (Fsp3) is 0.538. The van der Waals surface area contributed by atoms with Gasteiger partial charge in [-0.25, -0.2) is 0 Å². The molecule has 160 valence electrons. The normalized spacial score (nSPS) is 14.6. The Balaban J connectivity index is 2.21. The molecule has 3 heteroatoms. The summed E-state index contributed by atoms with van der Waals surface area (Å²) < 4.78 is 8.34. The summed E-state index contributed by atoms with van der Waals surface area (Å²) >= 11 is 2.49. The van der Waals surface area contributed by atoms with Gasteiger partial charge in [0.25, 0.3) is 8.32 Å². The average molecular weight is 523 g/mol. The summed E-state index contributed by atoms with van der Waals surface area (Å²) in [6, 6.07) is 22.0. The molecule has 0 aliphatic carbocycles. The molecule has 0 spiro atoms. The van der Waals surface area contributed by atoms with E-state index in [-0.39, 0.29) is 5.04 Å². The standard InChI is InChI=1S/C26H39IOSi/c1-22(19-20-27)13-12-14-23(2)21-28-29(26(3,4)5,24-15-8-6-9-16-24)25-17-10-7-11-18-25/h6-11,15-18,22-23H,12-14,19-21H2,1-5H3/t22-,23+/m1/s1. The second-order valence-corrected chi connectivity index (χ2v) is 15.0. The molecule has 0 fully saturated rings. The summed E-state index contributed by atoms with van der Waals surface area (Å²) in [5.74, 6) is 1.43. The number of halogens is 1. The van der Waals surface area contributed by atoms with Crippen LogP contribution in [0.2, 0.25) is 5.04 Å². The maximum absolute atomic E-state index is 7.07. The van der Waals surface area contributed by atoms with E-state index >= 15 is 0 Å². The third-order valence-electron chi connectivity index (χ3n) is 6.00. The first-order chi connectivity index (χ1) is 13.8. The molecule has 0 aliphatic rings. The van der Waals surface area contributed by atoms with Crippen LogP contribution in [0, 0.1) is 11.8 Å². The zero-order valence-electron chi connectivity index (χ0n) is 19.0. The molecule has 0 aliphatic heterocycles. The second kappa shape index (κ2) is 11.7. The molecule has 0 heterocycles. The molecule has 2 aromatic rings. The zero-order valence-corrected chi connectivity index (χ0v) is 22.1. The van der Waals surface area contributed by atoms with Crippen molar-refractivity contribution in [2.75, 3.05) is 11.0 Å². The van der Waals surface area contributed by atoms with Gasteiger partial charge in [0, 0.05) is 6.61 Å². The van der Waals surface area contributed by atoms with Gasteiger partial charge in [0.1, 0.15) is 0 Å². The first kappa shape index (κ1) is 24.6. The highest BCUT2D eigenvalue weighted by Crippen LogP contribution is 2.37. The Kier molecular flexibility index (Phi) is 9.90. The molecule has 0 aromatic heterocycles. The summed E-state index contributed by atoms with van der Waals surface area (Å²) in [5.41, 5.74) is 0. The predicted octanol–water partition coefficient (Wildman–Crippen LogP) is 6.83. The summed E-state index contributed by atoms with van der Waals surface area (Å²) in [4.78, 5) is 0. The third-order valence-corrected chi connectivity index (χ3v) is 11.6. The number of hydrogen-bond donors (Lipinski definition) is 0. The minimum absolute atomic E-state index is 0.0597. The molecule has 29 heavy (non-hydrogen) atoms. The van der Waals surface area contributed by atoms with E-state index in [4.69, 9.17) is 4.43 Å². The van der Waals surface area contributed by atoms with Crippen molar-refractivity contribution in [1.82, 2.24) is 0 Å². The number of benzene rings is 2. The van der Waals surface area contributed by atoms with E-state index in [0.717, 1.165) is 12.5 Å². The molecule has 2 atom stereocenters. The van der Waals surface area contributed by atoms with Gasteiger partial charge in [-0.3, -0.25) is 0 Å². The van der Waals surface area contributed by atoms with E-state index in [1.807, 2.05) is 0 Å². The molecular weight excluding hydrogens is 483 g/mol. The van der Waals surface area contributed by atoms with Gasteiger partial charge in [-0.2, -0.15) is 0 Å². The molecule has 0 unspecified atom stereocenters. The van der Waals surface area contributed by atoms with Crippen molar-refractivity contribution >= 4 is 41.3 Å². The van der Waals surface area contributed by atoms with Crippen molar-refractivity contribution in [3.63, 3.8) is 0 Å². The zero-order chi connectivity index (χ0) is 21.3. The van der Waals surface area contributed by atoms with Gasteiger partial charge in [-0.1, -0.05) is 131 Å². The highest BCUT2D eigenvalue weighted by molar-refractivity contribution is 14.1. The lowest BCUT2D eigenvalue weighted by Gasteiger charge is -2.43. The van der Waals surface area contributed by atoms with Gasteiger partial charge in [0.05, 0.1) is 0 Å². The van der Waals surface area contributed by atoms with Gasteiger partial charge in [0.2, 0.25) is 0 Å². The van der Waals surface area contributed by atoms with Crippen LogP contribution in [0.3, 0.4) is 0 Å². The summed E-state index contributed by atoms with van der Waals surface area (Å²) in [6.07, 6.45) is 5.24. The molecule has 0 radical (unpaired) electrons. The number of rotatable bonds is 11. The second-order valence-electron chi connectivity index (χ2n) is 9.59. The monoisotopic (exact) mass is 522 g/mol. The summed E-state index contributed by atoms with van der Waals surface area (Å²) in [7, 11) is -2.39. The van der Waals surface area contributed by atoms with E-state index in [0.29, 0.717) is 5.92 Å². The van der Waals surface area contributed by atoms with E-state index < -0.39 is 8.32 Å². The van der Waals surface area contributed by atoms with Crippen LogP contribution in [0.25, 0.3) is 0 Å². The van der Waals surface area contributed by atoms with Crippen LogP contribution in [0.1, 0.15) is 60.3 Å². The van der Waals surface area contributed by atoms with Crippen molar-refractivity contribution in [3.8, 4) is 0 Å². The lowest BCUT2D eigenvalue weighted by atomic mass is 9.98. The fourth-order valence-corrected chi connectivity index (χ4v) is 10.0. The van der Waals surface area contributed by atoms with Crippen LogP contribution < -0.4 is 10.4 Å². The first-order valence-electron chi connectivity index (χ1n) is 11.1. The Morgan fingerprint density at radius 3 is 1.72 bits per heavy atom.